The molecule has 0 bridgehead atoms. The molecular formula is C15H18BrNO3. The van der Waals surface area contributed by atoms with Crippen LogP contribution in [0.2, 0.25) is 0 Å². The molecule has 1 aromatic rings. The predicted octanol–water partition coefficient (Wildman–Crippen LogP) is 3.43. The number of hydrogen-bond acceptors (Lipinski definition) is 3. The van der Waals surface area contributed by atoms with Crippen LogP contribution in [0.3, 0.4) is 0 Å². The van der Waals surface area contributed by atoms with Gasteiger partial charge in [0.1, 0.15) is 11.2 Å². The quantitative estimate of drug-likeness (QED) is 0.726. The summed E-state index contributed by atoms with van der Waals surface area (Å²) < 4.78 is 12.4. The number of likely N-dealkylation sites (tertiary alicyclic amines) is 1. The standard InChI is InChI=1S/C15H18BrNO3/c1-14(2,3)20-13(18)17-8-15(9-17)12-6-11(16)5-4-10(12)7-19-15/h4-6H,7-9H2,1-3H3. The molecule has 0 atom stereocenters. The lowest BCUT2D eigenvalue weighted by Crippen LogP contribution is -2.61. The third kappa shape index (κ3) is 2.33. The molecule has 3 rings (SSSR count). The van der Waals surface area contributed by atoms with Crippen molar-refractivity contribution in [1.29, 1.82) is 0 Å². The first kappa shape index (κ1) is 13.9. The second-order valence-corrected chi connectivity index (χ2v) is 7.34. The molecule has 5 heteroatoms. The number of carbonyl (C=O) groups is 1. The summed E-state index contributed by atoms with van der Waals surface area (Å²) in [6, 6.07) is 6.19. The van der Waals surface area contributed by atoms with Crippen LogP contribution in [0.1, 0.15) is 31.9 Å². The summed E-state index contributed by atoms with van der Waals surface area (Å²) in [5.41, 5.74) is 1.59. The molecule has 0 radical (unpaired) electrons. The van der Waals surface area contributed by atoms with Gasteiger partial charge >= 0.3 is 6.09 Å². The van der Waals surface area contributed by atoms with Gasteiger partial charge in [0.15, 0.2) is 0 Å². The fourth-order valence-electron chi connectivity index (χ4n) is 2.68. The van der Waals surface area contributed by atoms with Crippen LogP contribution in [0, 0.1) is 0 Å². The molecule has 0 unspecified atom stereocenters. The van der Waals surface area contributed by atoms with Gasteiger partial charge in [-0.3, -0.25) is 0 Å². The van der Waals surface area contributed by atoms with Gasteiger partial charge in [-0.1, -0.05) is 22.0 Å². The zero-order valence-corrected chi connectivity index (χ0v) is 13.5. The van der Waals surface area contributed by atoms with Crippen LogP contribution in [0.5, 0.6) is 0 Å². The number of benzene rings is 1. The molecule has 1 fully saturated rings. The molecule has 0 saturated carbocycles. The highest BCUT2D eigenvalue weighted by Gasteiger charge is 2.52. The highest BCUT2D eigenvalue weighted by molar-refractivity contribution is 9.10. The summed E-state index contributed by atoms with van der Waals surface area (Å²) in [4.78, 5) is 13.7. The minimum absolute atomic E-state index is 0.268. The molecule has 108 valence electrons. The van der Waals surface area contributed by atoms with Crippen LogP contribution in [0.25, 0.3) is 0 Å². The second-order valence-electron chi connectivity index (χ2n) is 6.42. The van der Waals surface area contributed by atoms with Gasteiger partial charge in [-0.15, -0.1) is 0 Å². The van der Waals surface area contributed by atoms with E-state index in [0.29, 0.717) is 19.7 Å². The van der Waals surface area contributed by atoms with Crippen molar-refractivity contribution in [3.63, 3.8) is 0 Å². The normalized spacial score (nSPS) is 19.7. The number of halogens is 1. The number of fused-ring (bicyclic) bond motifs is 2. The van der Waals surface area contributed by atoms with Gasteiger partial charge in [0.05, 0.1) is 19.7 Å². The van der Waals surface area contributed by atoms with Crippen molar-refractivity contribution in [1.82, 2.24) is 4.90 Å². The molecule has 0 aromatic heterocycles. The van der Waals surface area contributed by atoms with Crippen molar-refractivity contribution < 1.29 is 14.3 Å². The van der Waals surface area contributed by atoms with E-state index in [1.54, 1.807) is 4.90 Å². The zero-order valence-electron chi connectivity index (χ0n) is 11.9. The Labute approximate surface area is 127 Å². The third-order valence-corrected chi connectivity index (χ3v) is 4.10. The van der Waals surface area contributed by atoms with E-state index >= 15 is 0 Å². The minimum atomic E-state index is -0.461. The molecule has 1 spiro atoms. The summed E-state index contributed by atoms with van der Waals surface area (Å²) in [5, 5.41) is 0. The van der Waals surface area contributed by atoms with E-state index in [9.17, 15) is 4.79 Å². The molecule has 4 nitrogen and oxygen atoms in total. The van der Waals surface area contributed by atoms with E-state index in [4.69, 9.17) is 9.47 Å². The second kappa shape index (κ2) is 4.46. The van der Waals surface area contributed by atoms with Crippen LogP contribution < -0.4 is 0 Å². The number of carbonyl (C=O) groups excluding carboxylic acids is 1. The van der Waals surface area contributed by atoms with E-state index in [0.717, 1.165) is 4.47 Å². The maximum Gasteiger partial charge on any atom is 0.410 e. The summed E-state index contributed by atoms with van der Waals surface area (Å²) in [7, 11) is 0. The average molecular weight is 340 g/mol. The highest BCUT2D eigenvalue weighted by Crippen LogP contribution is 2.44. The SMILES string of the molecule is CC(C)(C)OC(=O)N1CC2(C1)OCc1ccc(Br)cc12. The molecule has 1 aromatic carbocycles. The van der Waals surface area contributed by atoms with Crippen LogP contribution in [0.4, 0.5) is 4.79 Å². The first-order chi connectivity index (χ1) is 9.29. The largest absolute Gasteiger partial charge is 0.444 e. The Morgan fingerprint density at radius 3 is 2.75 bits per heavy atom. The Bertz CT molecular complexity index is 559. The predicted molar refractivity (Wildman–Crippen MR) is 78.4 cm³/mol. The molecule has 0 aliphatic carbocycles. The Kier molecular flexibility index (Phi) is 3.10. The van der Waals surface area contributed by atoms with E-state index in [1.807, 2.05) is 26.8 Å². The summed E-state index contributed by atoms with van der Waals surface area (Å²) in [6.45, 7) is 7.36. The number of ether oxygens (including phenoxy) is 2. The highest BCUT2D eigenvalue weighted by atomic mass is 79.9. The van der Waals surface area contributed by atoms with E-state index in [1.165, 1.54) is 11.1 Å². The average Bonchev–Trinajstić information content (AvgIpc) is 2.63. The Morgan fingerprint density at radius 2 is 2.10 bits per heavy atom. The maximum atomic E-state index is 12.0. The van der Waals surface area contributed by atoms with Gasteiger partial charge in [0, 0.05) is 4.47 Å². The number of nitrogens with zero attached hydrogens (tertiary/aromatic N) is 1. The summed E-state index contributed by atoms with van der Waals surface area (Å²) in [5.74, 6) is 0. The van der Waals surface area contributed by atoms with Gasteiger partial charge in [-0.25, -0.2) is 4.79 Å². The van der Waals surface area contributed by atoms with Crippen LogP contribution in [-0.4, -0.2) is 29.7 Å². The molecule has 0 N–H and O–H groups in total. The lowest BCUT2D eigenvalue weighted by Gasteiger charge is -2.47. The van der Waals surface area contributed by atoms with Crippen LogP contribution in [-0.2, 0) is 21.7 Å². The van der Waals surface area contributed by atoms with Crippen molar-refractivity contribution in [2.75, 3.05) is 13.1 Å². The van der Waals surface area contributed by atoms with Crippen molar-refractivity contribution in [3.8, 4) is 0 Å². The smallest absolute Gasteiger partial charge is 0.410 e. The van der Waals surface area contributed by atoms with Crippen LogP contribution in [0.15, 0.2) is 22.7 Å². The molecular weight excluding hydrogens is 322 g/mol. The Balaban J connectivity index is 1.72. The van der Waals surface area contributed by atoms with Crippen molar-refractivity contribution >= 4 is 22.0 Å². The van der Waals surface area contributed by atoms with E-state index in [2.05, 4.69) is 28.1 Å². The lowest BCUT2D eigenvalue weighted by molar-refractivity contribution is -0.137. The molecule has 2 heterocycles. The Hall–Kier alpha value is -1.07. The van der Waals surface area contributed by atoms with Gasteiger partial charge in [-0.2, -0.15) is 0 Å². The zero-order chi connectivity index (χ0) is 14.5. The van der Waals surface area contributed by atoms with Gasteiger partial charge < -0.3 is 14.4 Å². The van der Waals surface area contributed by atoms with E-state index < -0.39 is 5.60 Å². The molecule has 1 amide bonds. The van der Waals surface area contributed by atoms with Crippen molar-refractivity contribution in [2.45, 2.75) is 38.6 Å². The number of amides is 1. The van der Waals surface area contributed by atoms with Gasteiger partial charge in [0.2, 0.25) is 0 Å². The van der Waals surface area contributed by atoms with Crippen molar-refractivity contribution in [3.05, 3.63) is 33.8 Å². The minimum Gasteiger partial charge on any atom is -0.444 e. The summed E-state index contributed by atoms with van der Waals surface area (Å²) >= 11 is 3.49. The number of rotatable bonds is 0. The fourth-order valence-corrected chi connectivity index (χ4v) is 3.04. The number of hydrogen-bond donors (Lipinski definition) is 0. The topological polar surface area (TPSA) is 38.8 Å². The molecule has 2 aliphatic heterocycles. The summed E-state index contributed by atoms with van der Waals surface area (Å²) in [6.07, 6.45) is -0.268. The van der Waals surface area contributed by atoms with Crippen molar-refractivity contribution in [2.24, 2.45) is 0 Å². The lowest BCUT2D eigenvalue weighted by atomic mass is 9.86. The van der Waals surface area contributed by atoms with E-state index in [-0.39, 0.29) is 11.7 Å². The maximum absolute atomic E-state index is 12.0. The van der Waals surface area contributed by atoms with Crippen LogP contribution >= 0.6 is 15.9 Å². The molecule has 20 heavy (non-hydrogen) atoms. The monoisotopic (exact) mass is 339 g/mol. The fraction of sp³-hybridized carbons (Fsp3) is 0.533. The van der Waals surface area contributed by atoms with Gasteiger partial charge in [-0.05, 0) is 44.0 Å². The first-order valence-electron chi connectivity index (χ1n) is 6.70. The molecule has 1 saturated heterocycles. The Morgan fingerprint density at radius 1 is 1.40 bits per heavy atom. The van der Waals surface area contributed by atoms with Gasteiger partial charge in [0.25, 0.3) is 0 Å². The third-order valence-electron chi connectivity index (χ3n) is 3.61. The first-order valence-corrected chi connectivity index (χ1v) is 7.49. The molecule has 2 aliphatic rings.